The lowest BCUT2D eigenvalue weighted by Gasteiger charge is -2.30. The SMILES string of the molecule is CCCCNC(=O)C1CCN(S(=O)(=O)c2ccc3c(c2)nnn3[C@@H](C)CC)CC1. The first-order chi connectivity index (χ1) is 13.9. The van der Waals surface area contributed by atoms with Gasteiger partial charge in [0.2, 0.25) is 15.9 Å². The molecule has 1 aromatic carbocycles. The monoisotopic (exact) mass is 421 g/mol. The van der Waals surface area contributed by atoms with Gasteiger partial charge in [-0.2, -0.15) is 4.31 Å². The van der Waals surface area contributed by atoms with Crippen LogP contribution >= 0.6 is 0 Å². The molecule has 29 heavy (non-hydrogen) atoms. The second-order valence-corrected chi connectivity index (χ2v) is 9.70. The Morgan fingerprint density at radius 3 is 2.66 bits per heavy atom. The molecule has 0 aliphatic carbocycles. The highest BCUT2D eigenvalue weighted by Gasteiger charge is 2.32. The lowest BCUT2D eigenvalue weighted by atomic mass is 9.97. The topological polar surface area (TPSA) is 97.2 Å². The van der Waals surface area contributed by atoms with Crippen molar-refractivity contribution in [1.29, 1.82) is 0 Å². The summed E-state index contributed by atoms with van der Waals surface area (Å²) < 4.78 is 29.5. The van der Waals surface area contributed by atoms with Gasteiger partial charge >= 0.3 is 0 Å². The summed E-state index contributed by atoms with van der Waals surface area (Å²) in [4.78, 5) is 12.5. The molecule has 0 saturated carbocycles. The van der Waals surface area contributed by atoms with Crippen LogP contribution in [0.3, 0.4) is 0 Å². The quantitative estimate of drug-likeness (QED) is 0.661. The average Bonchev–Trinajstić information content (AvgIpc) is 3.16. The average molecular weight is 422 g/mol. The minimum Gasteiger partial charge on any atom is -0.356 e. The molecule has 0 bridgehead atoms. The van der Waals surface area contributed by atoms with E-state index in [9.17, 15) is 13.2 Å². The molecular weight excluding hydrogens is 390 g/mol. The first-order valence-corrected chi connectivity index (χ1v) is 11.9. The van der Waals surface area contributed by atoms with E-state index in [2.05, 4.69) is 36.4 Å². The van der Waals surface area contributed by atoms with Crippen molar-refractivity contribution in [2.75, 3.05) is 19.6 Å². The molecule has 1 N–H and O–H groups in total. The van der Waals surface area contributed by atoms with Crippen LogP contribution < -0.4 is 5.32 Å². The van der Waals surface area contributed by atoms with E-state index in [1.165, 1.54) is 4.31 Å². The minimum atomic E-state index is -3.62. The summed E-state index contributed by atoms with van der Waals surface area (Å²) in [7, 11) is -3.62. The van der Waals surface area contributed by atoms with Gasteiger partial charge in [0.1, 0.15) is 5.52 Å². The molecule has 8 nitrogen and oxygen atoms in total. The van der Waals surface area contributed by atoms with Gasteiger partial charge in [0.25, 0.3) is 0 Å². The highest BCUT2D eigenvalue weighted by Crippen LogP contribution is 2.26. The highest BCUT2D eigenvalue weighted by atomic mass is 32.2. The number of fused-ring (bicyclic) bond motifs is 1. The van der Waals surface area contributed by atoms with Gasteiger partial charge in [0.15, 0.2) is 0 Å². The van der Waals surface area contributed by atoms with Gasteiger partial charge in [-0.05, 0) is 50.8 Å². The van der Waals surface area contributed by atoms with E-state index < -0.39 is 10.0 Å². The number of carbonyl (C=O) groups is 1. The Balaban J connectivity index is 1.69. The summed E-state index contributed by atoms with van der Waals surface area (Å²) in [6, 6.07) is 5.20. The minimum absolute atomic E-state index is 0.0403. The molecule has 1 aliphatic rings. The van der Waals surface area contributed by atoms with Crippen LogP contribution in [0.5, 0.6) is 0 Å². The van der Waals surface area contributed by atoms with E-state index in [-0.39, 0.29) is 22.8 Å². The zero-order valence-electron chi connectivity index (χ0n) is 17.5. The van der Waals surface area contributed by atoms with Crippen LogP contribution in [0.1, 0.15) is 58.9 Å². The number of hydrogen-bond donors (Lipinski definition) is 1. The van der Waals surface area contributed by atoms with Crippen molar-refractivity contribution in [2.45, 2.75) is 63.8 Å². The van der Waals surface area contributed by atoms with E-state index in [1.54, 1.807) is 18.2 Å². The zero-order chi connectivity index (χ0) is 21.0. The van der Waals surface area contributed by atoms with E-state index in [1.807, 2.05) is 4.68 Å². The number of rotatable bonds is 8. The number of nitrogens with one attached hydrogen (secondary N) is 1. The van der Waals surface area contributed by atoms with Gasteiger partial charge in [0.05, 0.1) is 16.5 Å². The van der Waals surface area contributed by atoms with Gasteiger partial charge in [-0.25, -0.2) is 13.1 Å². The summed E-state index contributed by atoms with van der Waals surface area (Å²) in [6.07, 6.45) is 4.00. The number of unbranched alkanes of at least 4 members (excludes halogenated alkanes) is 1. The van der Waals surface area contributed by atoms with Gasteiger partial charge in [-0.1, -0.05) is 25.5 Å². The second kappa shape index (κ2) is 9.21. The number of piperidine rings is 1. The molecule has 2 aromatic rings. The Labute approximate surface area is 172 Å². The van der Waals surface area contributed by atoms with Gasteiger partial charge in [-0.3, -0.25) is 4.79 Å². The third-order valence-corrected chi connectivity index (χ3v) is 7.64. The summed E-state index contributed by atoms with van der Waals surface area (Å²) in [5, 5.41) is 11.3. The molecular formula is C20H31N5O3S. The van der Waals surface area contributed by atoms with E-state index in [0.717, 1.165) is 24.8 Å². The maximum Gasteiger partial charge on any atom is 0.243 e. The van der Waals surface area contributed by atoms with Crippen molar-refractivity contribution in [3.63, 3.8) is 0 Å². The van der Waals surface area contributed by atoms with Gasteiger partial charge < -0.3 is 5.32 Å². The molecule has 1 fully saturated rings. The summed E-state index contributed by atoms with van der Waals surface area (Å²) >= 11 is 0. The molecule has 1 saturated heterocycles. The second-order valence-electron chi connectivity index (χ2n) is 7.76. The number of aromatic nitrogens is 3. The van der Waals surface area contributed by atoms with E-state index in [4.69, 9.17) is 0 Å². The first kappa shape index (κ1) is 21.7. The first-order valence-electron chi connectivity index (χ1n) is 10.5. The fraction of sp³-hybridized carbons (Fsp3) is 0.650. The maximum atomic E-state index is 13.1. The Morgan fingerprint density at radius 2 is 2.00 bits per heavy atom. The number of benzene rings is 1. The maximum absolute atomic E-state index is 13.1. The Kier molecular flexibility index (Phi) is 6.89. The summed E-state index contributed by atoms with van der Waals surface area (Å²) in [5.74, 6) is -0.0743. The van der Waals surface area contributed by atoms with Crippen LogP contribution in [0.15, 0.2) is 23.1 Å². The Bertz CT molecular complexity index is 948. The van der Waals surface area contributed by atoms with Crippen LogP contribution in [0.2, 0.25) is 0 Å². The van der Waals surface area contributed by atoms with Crippen LogP contribution in [-0.4, -0.2) is 53.3 Å². The van der Waals surface area contributed by atoms with Gasteiger partial charge in [-0.15, -0.1) is 5.10 Å². The zero-order valence-corrected chi connectivity index (χ0v) is 18.3. The fourth-order valence-electron chi connectivity index (χ4n) is 3.62. The molecule has 0 unspecified atom stereocenters. The van der Waals surface area contributed by atoms with Crippen molar-refractivity contribution >= 4 is 27.0 Å². The normalized spacial score (nSPS) is 17.5. The molecule has 160 valence electrons. The van der Waals surface area contributed by atoms with Crippen molar-refractivity contribution < 1.29 is 13.2 Å². The van der Waals surface area contributed by atoms with Crippen LogP contribution in [0.25, 0.3) is 11.0 Å². The number of amides is 1. The number of carbonyl (C=O) groups excluding carboxylic acids is 1. The number of hydrogen-bond acceptors (Lipinski definition) is 5. The Morgan fingerprint density at radius 1 is 1.28 bits per heavy atom. The molecule has 0 spiro atoms. The molecule has 1 amide bonds. The molecule has 0 radical (unpaired) electrons. The molecule has 1 aromatic heterocycles. The van der Waals surface area contributed by atoms with Gasteiger partial charge in [0, 0.05) is 25.6 Å². The third-order valence-electron chi connectivity index (χ3n) is 5.74. The number of nitrogens with zero attached hydrogens (tertiary/aromatic N) is 4. The number of sulfonamides is 1. The molecule has 3 rings (SSSR count). The predicted molar refractivity (Wildman–Crippen MR) is 112 cm³/mol. The standard InChI is InChI=1S/C20H31N5O3S/c1-4-6-11-21-20(26)16-9-12-24(13-10-16)29(27,28)17-7-8-19-18(14-17)22-23-25(19)15(3)5-2/h7-8,14-16H,4-6,9-13H2,1-3H3,(H,21,26)/t15-/m0/s1. The van der Waals surface area contributed by atoms with E-state index in [0.29, 0.717) is 38.0 Å². The molecule has 9 heteroatoms. The van der Waals surface area contributed by atoms with Crippen LogP contribution in [-0.2, 0) is 14.8 Å². The Hall–Kier alpha value is -2.00. The lowest BCUT2D eigenvalue weighted by Crippen LogP contribution is -2.43. The van der Waals surface area contributed by atoms with Crippen molar-refractivity contribution in [1.82, 2.24) is 24.6 Å². The van der Waals surface area contributed by atoms with Crippen molar-refractivity contribution in [2.24, 2.45) is 5.92 Å². The third kappa shape index (κ3) is 4.61. The van der Waals surface area contributed by atoms with E-state index >= 15 is 0 Å². The summed E-state index contributed by atoms with van der Waals surface area (Å²) in [6.45, 7) is 7.60. The lowest BCUT2D eigenvalue weighted by molar-refractivity contribution is -0.126. The van der Waals surface area contributed by atoms with Crippen molar-refractivity contribution in [3.05, 3.63) is 18.2 Å². The summed E-state index contributed by atoms with van der Waals surface area (Å²) in [5.41, 5.74) is 1.41. The van der Waals surface area contributed by atoms with Crippen LogP contribution in [0, 0.1) is 5.92 Å². The van der Waals surface area contributed by atoms with Crippen LogP contribution in [0.4, 0.5) is 0 Å². The predicted octanol–water partition coefficient (Wildman–Crippen LogP) is 2.72. The largest absolute Gasteiger partial charge is 0.356 e. The molecule has 1 atom stereocenters. The fourth-order valence-corrected chi connectivity index (χ4v) is 5.11. The highest BCUT2D eigenvalue weighted by molar-refractivity contribution is 7.89. The molecule has 1 aliphatic heterocycles. The smallest absolute Gasteiger partial charge is 0.243 e. The van der Waals surface area contributed by atoms with Crippen molar-refractivity contribution in [3.8, 4) is 0 Å². The molecule has 2 heterocycles.